The summed E-state index contributed by atoms with van der Waals surface area (Å²) >= 11 is 5.69. The van der Waals surface area contributed by atoms with Crippen LogP contribution in [0.2, 0.25) is 0 Å². The molecule has 0 unspecified atom stereocenters. The first-order valence-electron chi connectivity index (χ1n) is 3.09. The largest absolute Gasteiger partial charge is 0.324 e. The van der Waals surface area contributed by atoms with E-state index in [4.69, 9.17) is 5.84 Å². The molecular weight excluding hydrogens is 319 g/mol. The number of rotatable bonds is 2. The monoisotopic (exact) mass is 326 g/mol. The van der Waals surface area contributed by atoms with E-state index >= 15 is 0 Å². The number of nitrogens with two attached hydrogens (primary N) is 1. The summed E-state index contributed by atoms with van der Waals surface area (Å²) in [4.78, 5) is 0. The summed E-state index contributed by atoms with van der Waals surface area (Å²) in [6.07, 6.45) is 0. The minimum absolute atomic E-state index is 0.862. The van der Waals surface area contributed by atoms with Crippen LogP contribution in [0.15, 0.2) is 18.2 Å². The zero-order valence-electron chi connectivity index (χ0n) is 5.77. The molecule has 2 nitrogen and oxygen atoms in total. The van der Waals surface area contributed by atoms with Crippen molar-refractivity contribution in [1.29, 1.82) is 0 Å². The fourth-order valence-electron chi connectivity index (χ4n) is 0.767. The number of halogens is 2. The average molecular weight is 327 g/mol. The summed E-state index contributed by atoms with van der Waals surface area (Å²) < 4.78 is 1.25. The highest BCUT2D eigenvalue weighted by Gasteiger charge is 1.97. The number of alkyl halides is 1. The van der Waals surface area contributed by atoms with Crippen LogP contribution >= 0.6 is 38.5 Å². The Labute approximate surface area is 87.8 Å². The van der Waals surface area contributed by atoms with Gasteiger partial charge in [0.05, 0.1) is 0 Å². The molecule has 0 bridgehead atoms. The highest BCUT2D eigenvalue weighted by Crippen LogP contribution is 2.19. The summed E-state index contributed by atoms with van der Waals surface area (Å²) in [6.45, 7) is 0. The van der Waals surface area contributed by atoms with Crippen LogP contribution in [0.5, 0.6) is 0 Å². The van der Waals surface area contributed by atoms with Crippen molar-refractivity contribution in [3.63, 3.8) is 0 Å². The van der Waals surface area contributed by atoms with E-state index in [1.165, 1.54) is 9.13 Å². The van der Waals surface area contributed by atoms with Gasteiger partial charge in [-0.25, -0.2) is 0 Å². The smallest absolute Gasteiger partial charge is 0.0488 e. The molecule has 0 amide bonds. The molecule has 11 heavy (non-hydrogen) atoms. The lowest BCUT2D eigenvalue weighted by atomic mass is 10.2. The number of anilines is 1. The highest BCUT2D eigenvalue weighted by molar-refractivity contribution is 14.1. The Morgan fingerprint density at radius 3 is 2.82 bits per heavy atom. The fraction of sp³-hybridized carbons (Fsp3) is 0.143. The molecule has 60 valence electrons. The van der Waals surface area contributed by atoms with Gasteiger partial charge in [-0.15, -0.1) is 0 Å². The Bertz CT molecular complexity index is 252. The quantitative estimate of drug-likeness (QED) is 0.379. The van der Waals surface area contributed by atoms with E-state index in [0.717, 1.165) is 11.0 Å². The van der Waals surface area contributed by atoms with Gasteiger partial charge in [-0.05, 0) is 46.4 Å². The van der Waals surface area contributed by atoms with E-state index in [9.17, 15) is 0 Å². The molecule has 0 fully saturated rings. The predicted molar refractivity (Wildman–Crippen MR) is 59.6 cm³/mol. The molecule has 3 N–H and O–H groups in total. The number of hydrogen-bond donors (Lipinski definition) is 2. The van der Waals surface area contributed by atoms with Crippen LogP contribution in [0.1, 0.15) is 5.56 Å². The van der Waals surface area contributed by atoms with Crippen molar-refractivity contribution in [2.75, 3.05) is 5.43 Å². The van der Waals surface area contributed by atoms with Crippen LogP contribution < -0.4 is 11.3 Å². The third-order valence-corrected chi connectivity index (χ3v) is 3.01. The summed E-state index contributed by atoms with van der Waals surface area (Å²) in [7, 11) is 0. The molecule has 0 aliphatic carbocycles. The summed E-state index contributed by atoms with van der Waals surface area (Å²) in [5, 5.41) is 0.862. The summed E-state index contributed by atoms with van der Waals surface area (Å²) in [5.74, 6) is 5.26. The van der Waals surface area contributed by atoms with E-state index in [2.05, 4.69) is 43.9 Å². The Hall–Kier alpha value is 0.190. The lowest BCUT2D eigenvalue weighted by molar-refractivity contribution is 1.31. The fourth-order valence-corrected chi connectivity index (χ4v) is 2.28. The van der Waals surface area contributed by atoms with Crippen molar-refractivity contribution >= 4 is 44.2 Å². The summed E-state index contributed by atoms with van der Waals surface area (Å²) in [6, 6.07) is 6.01. The second-order valence-electron chi connectivity index (χ2n) is 2.08. The number of hydrogen-bond acceptors (Lipinski definition) is 2. The van der Waals surface area contributed by atoms with Gasteiger partial charge in [-0.1, -0.05) is 15.9 Å². The van der Waals surface area contributed by atoms with Gasteiger partial charge >= 0.3 is 0 Å². The molecule has 1 aromatic carbocycles. The molecular formula is C7H8BrIN2. The van der Waals surface area contributed by atoms with E-state index in [1.54, 1.807) is 0 Å². The van der Waals surface area contributed by atoms with Gasteiger partial charge in [0.25, 0.3) is 0 Å². The van der Waals surface area contributed by atoms with E-state index in [0.29, 0.717) is 0 Å². The molecule has 0 saturated heterocycles. The zero-order valence-corrected chi connectivity index (χ0v) is 9.52. The van der Waals surface area contributed by atoms with Crippen molar-refractivity contribution in [3.8, 4) is 0 Å². The molecule has 4 heteroatoms. The molecule has 0 radical (unpaired) electrons. The Morgan fingerprint density at radius 2 is 2.27 bits per heavy atom. The van der Waals surface area contributed by atoms with E-state index < -0.39 is 0 Å². The van der Waals surface area contributed by atoms with Crippen molar-refractivity contribution in [3.05, 3.63) is 27.3 Å². The van der Waals surface area contributed by atoms with Crippen LogP contribution in [0, 0.1) is 3.57 Å². The van der Waals surface area contributed by atoms with Gasteiger partial charge in [0.1, 0.15) is 0 Å². The van der Waals surface area contributed by atoms with Crippen LogP contribution in [-0.2, 0) is 5.33 Å². The highest BCUT2D eigenvalue weighted by atomic mass is 127. The number of nitrogen functional groups attached to an aromatic ring is 1. The van der Waals surface area contributed by atoms with Gasteiger partial charge in [0.2, 0.25) is 0 Å². The minimum atomic E-state index is 0.862. The van der Waals surface area contributed by atoms with Gasteiger partial charge < -0.3 is 5.43 Å². The lowest BCUT2D eigenvalue weighted by Gasteiger charge is -2.03. The van der Waals surface area contributed by atoms with E-state index in [-0.39, 0.29) is 0 Å². The molecule has 0 aromatic heterocycles. The maximum absolute atomic E-state index is 5.26. The number of benzene rings is 1. The van der Waals surface area contributed by atoms with Crippen LogP contribution in [0.4, 0.5) is 5.69 Å². The van der Waals surface area contributed by atoms with Gasteiger partial charge in [0, 0.05) is 14.6 Å². The molecule has 1 aromatic rings. The molecule has 0 atom stereocenters. The molecule has 0 aliphatic rings. The SMILES string of the molecule is NNc1ccc(I)c(CBr)c1. The maximum Gasteiger partial charge on any atom is 0.0488 e. The third kappa shape index (κ3) is 2.31. The molecule has 0 aliphatic heterocycles. The zero-order chi connectivity index (χ0) is 8.27. The standard InChI is InChI=1S/C7H8BrIN2/c8-4-5-3-6(11-10)1-2-7(5)9/h1-3,11H,4,10H2. The van der Waals surface area contributed by atoms with Crippen LogP contribution in [-0.4, -0.2) is 0 Å². The van der Waals surface area contributed by atoms with Crippen LogP contribution in [0.25, 0.3) is 0 Å². The molecule has 0 spiro atoms. The minimum Gasteiger partial charge on any atom is -0.324 e. The Morgan fingerprint density at radius 1 is 1.55 bits per heavy atom. The predicted octanol–water partition coefficient (Wildman–Crippen LogP) is 2.47. The maximum atomic E-state index is 5.26. The Balaban J connectivity index is 3.02. The van der Waals surface area contributed by atoms with Crippen LogP contribution in [0.3, 0.4) is 0 Å². The van der Waals surface area contributed by atoms with E-state index in [1.807, 2.05) is 18.2 Å². The second-order valence-corrected chi connectivity index (χ2v) is 3.81. The average Bonchev–Trinajstić information content (AvgIpc) is 2.05. The van der Waals surface area contributed by atoms with Crippen molar-refractivity contribution in [2.24, 2.45) is 5.84 Å². The molecule has 0 heterocycles. The Kier molecular flexibility index (Phi) is 3.61. The lowest BCUT2D eigenvalue weighted by Crippen LogP contribution is -2.06. The van der Waals surface area contributed by atoms with Crippen molar-refractivity contribution < 1.29 is 0 Å². The van der Waals surface area contributed by atoms with Gasteiger partial charge in [-0.2, -0.15) is 0 Å². The first-order chi connectivity index (χ1) is 5.27. The summed E-state index contributed by atoms with van der Waals surface area (Å²) in [5.41, 5.74) is 4.80. The second kappa shape index (κ2) is 4.27. The number of nitrogens with one attached hydrogen (secondary N) is 1. The first-order valence-corrected chi connectivity index (χ1v) is 5.29. The van der Waals surface area contributed by atoms with Crippen molar-refractivity contribution in [1.82, 2.24) is 0 Å². The number of hydrazine groups is 1. The molecule has 0 saturated carbocycles. The van der Waals surface area contributed by atoms with Gasteiger partial charge in [-0.3, -0.25) is 5.84 Å². The van der Waals surface area contributed by atoms with Crippen molar-refractivity contribution in [2.45, 2.75) is 5.33 Å². The normalized spacial score (nSPS) is 9.73. The third-order valence-electron chi connectivity index (χ3n) is 1.36. The molecule has 1 rings (SSSR count). The van der Waals surface area contributed by atoms with Gasteiger partial charge in [0.15, 0.2) is 0 Å². The first kappa shape index (κ1) is 9.28. The topological polar surface area (TPSA) is 38.0 Å².